The maximum absolute atomic E-state index is 12.6. The highest BCUT2D eigenvalue weighted by molar-refractivity contribution is 9.12. The number of carbonyl (C=O) groups is 1. The molecule has 0 amide bonds. The zero-order valence-corrected chi connectivity index (χ0v) is 11.2. The minimum atomic E-state index is -3.82. The number of carbonyl (C=O) groups excluding carboxylic acids is 1. The summed E-state index contributed by atoms with van der Waals surface area (Å²) >= 11 is 8.28. The van der Waals surface area contributed by atoms with Gasteiger partial charge in [0.2, 0.25) is 5.78 Å². The number of rotatable bonds is 3. The van der Waals surface area contributed by atoms with Crippen LogP contribution in [0, 0.1) is 5.82 Å². The molecule has 0 aliphatic rings. The molecule has 0 saturated heterocycles. The highest BCUT2D eigenvalue weighted by Gasteiger charge is 2.44. The topological polar surface area (TPSA) is 51.2 Å². The van der Waals surface area contributed by atoms with Gasteiger partial charge in [-0.2, -0.15) is 0 Å². The first-order valence-electron chi connectivity index (χ1n) is 4.04. The molecule has 0 unspecified atom stereocenters. The molecule has 0 N–H and O–H groups in total. The first-order chi connectivity index (χ1) is 7.16. The molecule has 0 fully saturated rings. The van der Waals surface area contributed by atoms with E-state index in [9.17, 15) is 17.6 Å². The van der Waals surface area contributed by atoms with Crippen molar-refractivity contribution >= 4 is 43.2 Å². The second-order valence-electron chi connectivity index (χ2n) is 3.12. The van der Waals surface area contributed by atoms with Crippen LogP contribution in [0.3, 0.4) is 0 Å². The maximum Gasteiger partial charge on any atom is 0.261 e. The van der Waals surface area contributed by atoms with Crippen LogP contribution in [0.25, 0.3) is 0 Å². The van der Waals surface area contributed by atoms with Gasteiger partial charge in [0.05, 0.1) is 0 Å². The Morgan fingerprint density at radius 1 is 1.38 bits per heavy atom. The van der Waals surface area contributed by atoms with Crippen LogP contribution in [-0.2, 0) is 9.84 Å². The molecule has 7 heteroatoms. The number of Topliss-reactive ketones (excluding diaryl/α,β-unsaturated/α-hetero) is 1. The molecule has 0 aromatic heterocycles. The zero-order chi connectivity index (χ0) is 12.6. The molecule has 1 atom stereocenters. The molecule has 0 spiro atoms. The molecule has 0 aliphatic heterocycles. The first-order valence-corrected chi connectivity index (χ1v) is 7.10. The van der Waals surface area contributed by atoms with Gasteiger partial charge in [0.15, 0.2) is 9.84 Å². The first kappa shape index (κ1) is 13.6. The molecule has 88 valence electrons. The average Bonchev–Trinajstić information content (AvgIpc) is 2.16. The molecule has 0 saturated carbocycles. The normalized spacial score (nSPS) is 15.5. The third-order valence-electron chi connectivity index (χ3n) is 1.84. The number of alkyl halides is 2. The van der Waals surface area contributed by atoms with E-state index in [1.807, 2.05) is 0 Å². The average molecular weight is 330 g/mol. The Morgan fingerprint density at radius 3 is 2.19 bits per heavy atom. The molecule has 3 nitrogen and oxygen atoms in total. The van der Waals surface area contributed by atoms with Gasteiger partial charge in [-0.15, -0.1) is 0 Å². The lowest BCUT2D eigenvalue weighted by molar-refractivity contribution is 0.1000. The predicted octanol–water partition coefficient (Wildman–Crippen LogP) is 2.34. The van der Waals surface area contributed by atoms with Crippen molar-refractivity contribution in [2.75, 3.05) is 6.26 Å². The SMILES string of the molecule is CS(=O)(=O)[C@](Cl)(Br)C(=O)c1ccc(F)cc1. The van der Waals surface area contributed by atoms with Gasteiger partial charge in [0, 0.05) is 11.8 Å². The Hall–Kier alpha value is -0.460. The number of sulfone groups is 1. The Morgan fingerprint density at radius 2 is 1.81 bits per heavy atom. The maximum atomic E-state index is 12.6. The van der Waals surface area contributed by atoms with E-state index < -0.39 is 24.6 Å². The number of hydrogen-bond acceptors (Lipinski definition) is 3. The van der Waals surface area contributed by atoms with E-state index in [0.717, 1.165) is 18.4 Å². The quantitative estimate of drug-likeness (QED) is 0.632. The van der Waals surface area contributed by atoms with Crippen LogP contribution in [0.15, 0.2) is 24.3 Å². The van der Waals surface area contributed by atoms with Crippen molar-refractivity contribution in [2.45, 2.75) is 3.12 Å². The van der Waals surface area contributed by atoms with E-state index in [4.69, 9.17) is 11.6 Å². The summed E-state index contributed by atoms with van der Waals surface area (Å²) in [5.41, 5.74) is 0.0127. The summed E-state index contributed by atoms with van der Waals surface area (Å²) in [5, 5.41) is 0. The summed E-state index contributed by atoms with van der Waals surface area (Å²) in [4.78, 5) is 11.7. The molecular weight excluding hydrogens is 323 g/mol. The second kappa shape index (κ2) is 4.43. The van der Waals surface area contributed by atoms with E-state index in [1.54, 1.807) is 0 Å². The van der Waals surface area contributed by atoms with E-state index >= 15 is 0 Å². The Bertz CT molecular complexity index is 510. The number of hydrogen-bond donors (Lipinski definition) is 0. The number of benzene rings is 1. The minimum absolute atomic E-state index is 0.0127. The molecule has 1 aromatic rings. The highest BCUT2D eigenvalue weighted by Crippen LogP contribution is 2.33. The van der Waals surface area contributed by atoms with E-state index in [1.165, 1.54) is 12.1 Å². The van der Waals surface area contributed by atoms with Gasteiger partial charge in [-0.25, -0.2) is 12.8 Å². The number of ketones is 1. The van der Waals surface area contributed by atoms with Crippen molar-refractivity contribution in [3.05, 3.63) is 35.6 Å². The predicted molar refractivity (Wildman–Crippen MR) is 63.1 cm³/mol. The molecule has 0 radical (unpaired) electrons. The van der Waals surface area contributed by atoms with Gasteiger partial charge in [0.1, 0.15) is 5.82 Å². The molecular formula is C9H7BrClFO3S. The van der Waals surface area contributed by atoms with Crippen LogP contribution in [-0.4, -0.2) is 23.6 Å². The van der Waals surface area contributed by atoms with E-state index in [-0.39, 0.29) is 5.56 Å². The van der Waals surface area contributed by atoms with Gasteiger partial charge in [-0.3, -0.25) is 4.79 Å². The monoisotopic (exact) mass is 328 g/mol. The van der Waals surface area contributed by atoms with Crippen LogP contribution in [0.1, 0.15) is 10.4 Å². The van der Waals surface area contributed by atoms with Crippen molar-refractivity contribution in [3.8, 4) is 0 Å². The largest absolute Gasteiger partial charge is 0.290 e. The zero-order valence-electron chi connectivity index (χ0n) is 8.08. The summed E-state index contributed by atoms with van der Waals surface area (Å²) in [6.07, 6.45) is 0.830. The van der Waals surface area contributed by atoms with E-state index in [2.05, 4.69) is 15.9 Å². The fourth-order valence-electron chi connectivity index (χ4n) is 0.938. The lowest BCUT2D eigenvalue weighted by atomic mass is 10.1. The fraction of sp³-hybridized carbons (Fsp3) is 0.222. The molecule has 16 heavy (non-hydrogen) atoms. The standard InChI is InChI=1S/C9H7BrClFO3S/c1-16(14,15)9(10,11)8(13)6-2-4-7(12)5-3-6/h2-5H,1H3/t9-/m0/s1. The van der Waals surface area contributed by atoms with Crippen LogP contribution < -0.4 is 0 Å². The van der Waals surface area contributed by atoms with Crippen molar-refractivity contribution in [3.63, 3.8) is 0 Å². The van der Waals surface area contributed by atoms with Gasteiger partial charge in [-0.05, 0) is 40.2 Å². The van der Waals surface area contributed by atoms with Crippen molar-refractivity contribution in [1.29, 1.82) is 0 Å². The Balaban J connectivity index is 3.18. The fourth-order valence-corrected chi connectivity index (χ4v) is 1.73. The van der Waals surface area contributed by atoms with Crippen LogP contribution >= 0.6 is 27.5 Å². The highest BCUT2D eigenvalue weighted by atomic mass is 79.9. The summed E-state index contributed by atoms with van der Waals surface area (Å²) in [6.45, 7) is 0. The summed E-state index contributed by atoms with van der Waals surface area (Å²) in [6, 6.07) is 4.44. The molecule has 0 heterocycles. The molecule has 1 rings (SSSR count). The third kappa shape index (κ3) is 2.61. The summed E-state index contributed by atoms with van der Waals surface area (Å²) in [7, 11) is -3.82. The summed E-state index contributed by atoms with van der Waals surface area (Å²) in [5.74, 6) is -1.37. The summed E-state index contributed by atoms with van der Waals surface area (Å²) < 4.78 is 32.9. The van der Waals surface area contributed by atoms with Gasteiger partial charge in [-0.1, -0.05) is 11.6 Å². The second-order valence-corrected chi connectivity index (χ2v) is 8.24. The number of halogens is 3. The Labute approximate surface area is 106 Å². The molecule has 0 bridgehead atoms. The van der Waals surface area contributed by atoms with Crippen LogP contribution in [0.4, 0.5) is 4.39 Å². The van der Waals surface area contributed by atoms with Crippen LogP contribution in [0.2, 0.25) is 0 Å². The minimum Gasteiger partial charge on any atom is -0.290 e. The van der Waals surface area contributed by atoms with Gasteiger partial charge in [0.25, 0.3) is 3.12 Å². The molecule has 0 aliphatic carbocycles. The van der Waals surface area contributed by atoms with E-state index in [0.29, 0.717) is 0 Å². The van der Waals surface area contributed by atoms with Crippen LogP contribution in [0.5, 0.6) is 0 Å². The third-order valence-corrected chi connectivity index (χ3v) is 6.09. The lowest BCUT2D eigenvalue weighted by Gasteiger charge is -2.16. The van der Waals surface area contributed by atoms with Crippen molar-refractivity contribution in [1.82, 2.24) is 0 Å². The van der Waals surface area contributed by atoms with Crippen molar-refractivity contribution < 1.29 is 17.6 Å². The Kier molecular flexibility index (Phi) is 3.76. The van der Waals surface area contributed by atoms with Crippen molar-refractivity contribution in [2.24, 2.45) is 0 Å². The lowest BCUT2D eigenvalue weighted by Crippen LogP contribution is -2.34. The van der Waals surface area contributed by atoms with Gasteiger partial charge < -0.3 is 0 Å². The molecule has 1 aromatic carbocycles. The van der Waals surface area contributed by atoms with Gasteiger partial charge >= 0.3 is 0 Å². The smallest absolute Gasteiger partial charge is 0.261 e.